The highest BCUT2D eigenvalue weighted by Gasteiger charge is 2.44. The molecule has 0 saturated carbocycles. The van der Waals surface area contributed by atoms with Crippen molar-refractivity contribution in [3.05, 3.63) is 0 Å². The van der Waals surface area contributed by atoms with Gasteiger partial charge in [-0.25, -0.2) is 0 Å². The van der Waals surface area contributed by atoms with E-state index in [0.717, 1.165) is 12.6 Å². The summed E-state index contributed by atoms with van der Waals surface area (Å²) in [7, 11) is 2.24. The monoisotopic (exact) mass is 212 g/mol. The molecule has 15 heavy (non-hydrogen) atoms. The Morgan fingerprint density at radius 1 is 1.33 bits per heavy atom. The van der Waals surface area contributed by atoms with E-state index >= 15 is 0 Å². The molecule has 0 N–H and O–H groups in total. The highest BCUT2D eigenvalue weighted by molar-refractivity contribution is 5.01. The van der Waals surface area contributed by atoms with Crippen molar-refractivity contribution in [1.82, 2.24) is 9.80 Å². The maximum Gasteiger partial charge on any atom is 0.0237 e. The maximum absolute atomic E-state index is 2.65. The molecule has 1 fully saturated rings. The van der Waals surface area contributed by atoms with Gasteiger partial charge in [-0.3, -0.25) is 4.90 Å². The lowest BCUT2D eigenvalue weighted by Crippen LogP contribution is -2.50. The molecule has 1 aliphatic heterocycles. The molecule has 0 aliphatic carbocycles. The Labute approximate surface area is 95.6 Å². The molecule has 0 unspecified atom stereocenters. The van der Waals surface area contributed by atoms with Crippen molar-refractivity contribution in [2.45, 2.75) is 65.1 Å². The predicted octanol–water partition coefficient (Wildman–Crippen LogP) is 2.59. The third kappa shape index (κ3) is 2.73. The first-order valence-corrected chi connectivity index (χ1v) is 6.16. The summed E-state index contributed by atoms with van der Waals surface area (Å²) >= 11 is 0. The van der Waals surface area contributed by atoms with Gasteiger partial charge in [0.25, 0.3) is 0 Å². The highest BCUT2D eigenvalue weighted by atomic mass is 15.3. The van der Waals surface area contributed by atoms with Crippen molar-refractivity contribution < 1.29 is 0 Å². The van der Waals surface area contributed by atoms with Crippen LogP contribution in [0.5, 0.6) is 0 Å². The van der Waals surface area contributed by atoms with Crippen LogP contribution in [0.3, 0.4) is 0 Å². The second-order valence-electron chi connectivity index (χ2n) is 6.53. The zero-order chi connectivity index (χ0) is 11.9. The standard InChI is InChI=1S/C13H28N2/c1-8-14(7)11-9-13(5,6)15(10-11)12(2,3)4/h11H,8-10H2,1-7H3/t11-/m0/s1. The fraction of sp³-hybridized carbons (Fsp3) is 1.00. The molecule has 0 spiro atoms. The molecule has 0 aromatic heterocycles. The molecule has 1 saturated heterocycles. The number of likely N-dealkylation sites (N-methyl/N-ethyl adjacent to an activating group) is 1. The van der Waals surface area contributed by atoms with Crippen molar-refractivity contribution in [1.29, 1.82) is 0 Å². The van der Waals surface area contributed by atoms with Crippen LogP contribution in [0.4, 0.5) is 0 Å². The van der Waals surface area contributed by atoms with Crippen LogP contribution in [-0.4, -0.2) is 47.1 Å². The first kappa shape index (κ1) is 13.0. The lowest BCUT2D eigenvalue weighted by molar-refractivity contribution is 0.0660. The van der Waals surface area contributed by atoms with Crippen LogP contribution in [0.1, 0.15) is 48.0 Å². The first-order valence-electron chi connectivity index (χ1n) is 6.16. The minimum atomic E-state index is 0.285. The predicted molar refractivity (Wildman–Crippen MR) is 67.2 cm³/mol. The van der Waals surface area contributed by atoms with Gasteiger partial charge in [0.1, 0.15) is 0 Å². The van der Waals surface area contributed by atoms with Gasteiger partial charge < -0.3 is 4.90 Å². The van der Waals surface area contributed by atoms with Gasteiger partial charge in [0.05, 0.1) is 0 Å². The molecular formula is C13H28N2. The van der Waals surface area contributed by atoms with Gasteiger partial charge in [-0.05, 0) is 54.6 Å². The Morgan fingerprint density at radius 2 is 1.87 bits per heavy atom. The number of likely N-dealkylation sites (tertiary alicyclic amines) is 1. The molecular weight excluding hydrogens is 184 g/mol. The van der Waals surface area contributed by atoms with Crippen LogP contribution in [0.25, 0.3) is 0 Å². The van der Waals surface area contributed by atoms with Crippen LogP contribution >= 0.6 is 0 Å². The zero-order valence-electron chi connectivity index (χ0n) is 11.6. The third-order valence-electron chi connectivity index (χ3n) is 3.79. The zero-order valence-corrected chi connectivity index (χ0v) is 11.6. The molecule has 2 nitrogen and oxygen atoms in total. The van der Waals surface area contributed by atoms with Gasteiger partial charge in [0.2, 0.25) is 0 Å². The van der Waals surface area contributed by atoms with E-state index in [9.17, 15) is 0 Å². The van der Waals surface area contributed by atoms with Gasteiger partial charge in [-0.15, -0.1) is 0 Å². The molecule has 90 valence electrons. The largest absolute Gasteiger partial charge is 0.302 e. The Kier molecular flexibility index (Phi) is 3.52. The molecule has 0 aromatic rings. The molecule has 2 heteroatoms. The van der Waals surface area contributed by atoms with E-state index in [-0.39, 0.29) is 5.54 Å². The summed E-state index contributed by atoms with van der Waals surface area (Å²) in [6.45, 7) is 16.3. The lowest BCUT2D eigenvalue weighted by atomic mass is 9.95. The van der Waals surface area contributed by atoms with E-state index in [0.29, 0.717) is 5.54 Å². The average Bonchev–Trinajstić information content (AvgIpc) is 2.39. The summed E-state index contributed by atoms with van der Waals surface area (Å²) < 4.78 is 0. The second kappa shape index (κ2) is 4.06. The van der Waals surface area contributed by atoms with Crippen molar-refractivity contribution in [2.75, 3.05) is 20.1 Å². The van der Waals surface area contributed by atoms with Gasteiger partial charge in [0.15, 0.2) is 0 Å². The van der Waals surface area contributed by atoms with Gasteiger partial charge >= 0.3 is 0 Å². The fourth-order valence-corrected chi connectivity index (χ4v) is 2.94. The molecule has 1 atom stereocenters. The van der Waals surface area contributed by atoms with Crippen LogP contribution < -0.4 is 0 Å². The van der Waals surface area contributed by atoms with E-state index in [1.54, 1.807) is 0 Å². The van der Waals surface area contributed by atoms with E-state index in [1.807, 2.05) is 0 Å². The highest BCUT2D eigenvalue weighted by Crippen LogP contribution is 2.36. The summed E-state index contributed by atoms with van der Waals surface area (Å²) in [5, 5.41) is 0. The summed E-state index contributed by atoms with van der Waals surface area (Å²) in [5.74, 6) is 0. The molecule has 0 aromatic carbocycles. The molecule has 1 rings (SSSR count). The normalized spacial score (nSPS) is 27.6. The van der Waals surface area contributed by atoms with Crippen LogP contribution in [0.2, 0.25) is 0 Å². The molecule has 1 heterocycles. The maximum atomic E-state index is 2.65. The van der Waals surface area contributed by atoms with Crippen LogP contribution in [0.15, 0.2) is 0 Å². The van der Waals surface area contributed by atoms with E-state index < -0.39 is 0 Å². The number of hydrogen-bond acceptors (Lipinski definition) is 2. The minimum Gasteiger partial charge on any atom is -0.302 e. The average molecular weight is 212 g/mol. The third-order valence-corrected chi connectivity index (χ3v) is 3.79. The first-order chi connectivity index (χ1) is 6.68. The van der Waals surface area contributed by atoms with Crippen molar-refractivity contribution >= 4 is 0 Å². The van der Waals surface area contributed by atoms with E-state index in [2.05, 4.69) is 58.4 Å². The smallest absolute Gasteiger partial charge is 0.0237 e. The van der Waals surface area contributed by atoms with Gasteiger partial charge in [-0.1, -0.05) is 6.92 Å². The van der Waals surface area contributed by atoms with E-state index in [1.165, 1.54) is 13.0 Å². The minimum absolute atomic E-state index is 0.285. The van der Waals surface area contributed by atoms with Crippen molar-refractivity contribution in [2.24, 2.45) is 0 Å². The Bertz CT molecular complexity index is 215. The number of hydrogen-bond donors (Lipinski definition) is 0. The summed E-state index contributed by atoms with van der Waals surface area (Å²) in [6.07, 6.45) is 1.29. The molecule has 0 bridgehead atoms. The Morgan fingerprint density at radius 3 is 2.20 bits per heavy atom. The summed E-state index contributed by atoms with van der Waals surface area (Å²) in [6, 6.07) is 0.726. The molecule has 0 radical (unpaired) electrons. The fourth-order valence-electron chi connectivity index (χ4n) is 2.94. The molecule has 1 aliphatic rings. The van der Waals surface area contributed by atoms with Crippen molar-refractivity contribution in [3.8, 4) is 0 Å². The second-order valence-corrected chi connectivity index (χ2v) is 6.53. The summed E-state index contributed by atoms with van der Waals surface area (Å²) in [5.41, 5.74) is 0.624. The number of nitrogens with zero attached hydrogens (tertiary/aromatic N) is 2. The molecule has 0 amide bonds. The Hall–Kier alpha value is -0.0800. The number of rotatable bonds is 2. The lowest BCUT2D eigenvalue weighted by Gasteiger charge is -2.42. The Balaban J connectivity index is 2.77. The van der Waals surface area contributed by atoms with Crippen LogP contribution in [0, 0.1) is 0 Å². The van der Waals surface area contributed by atoms with E-state index in [4.69, 9.17) is 0 Å². The summed E-state index contributed by atoms with van der Waals surface area (Å²) in [4.78, 5) is 5.13. The van der Waals surface area contributed by atoms with Crippen molar-refractivity contribution in [3.63, 3.8) is 0 Å². The SMILES string of the molecule is CCN(C)[C@@H]1CN(C(C)(C)C)C(C)(C)C1. The van der Waals surface area contributed by atoms with Gasteiger partial charge in [-0.2, -0.15) is 0 Å². The van der Waals surface area contributed by atoms with Gasteiger partial charge in [0, 0.05) is 23.7 Å². The quantitative estimate of drug-likeness (QED) is 0.694. The van der Waals surface area contributed by atoms with Crippen LogP contribution in [-0.2, 0) is 0 Å². The topological polar surface area (TPSA) is 6.48 Å².